The molecule has 1 N–H and O–H groups in total. The molecule has 0 spiro atoms. The highest BCUT2D eigenvalue weighted by atomic mass is 16.5. The van der Waals surface area contributed by atoms with Crippen molar-refractivity contribution >= 4 is 11.8 Å². The standard InChI is InChI=1S/C20H20N2O3/c23-19-13-25-18-9-6-15(20(24)21-17-7-8-17)10-16(18)12-22(19)11-14-4-2-1-3-5-14/h1-6,9-10,17H,7-8,11-13H2,(H,21,24). The lowest BCUT2D eigenvalue weighted by molar-refractivity contribution is -0.133. The Morgan fingerprint density at radius 2 is 1.96 bits per heavy atom. The van der Waals surface area contributed by atoms with Crippen LogP contribution in [-0.4, -0.2) is 29.4 Å². The van der Waals surface area contributed by atoms with Gasteiger partial charge in [-0.3, -0.25) is 9.59 Å². The Labute approximate surface area is 146 Å². The van der Waals surface area contributed by atoms with Gasteiger partial charge in [-0.1, -0.05) is 30.3 Å². The molecular formula is C20H20N2O3. The van der Waals surface area contributed by atoms with Crippen LogP contribution in [0.4, 0.5) is 0 Å². The lowest BCUT2D eigenvalue weighted by Gasteiger charge is -2.20. The Kier molecular flexibility index (Phi) is 4.14. The summed E-state index contributed by atoms with van der Waals surface area (Å²) >= 11 is 0. The molecule has 0 bridgehead atoms. The molecule has 1 aliphatic carbocycles. The second-order valence-electron chi connectivity index (χ2n) is 6.59. The fourth-order valence-corrected chi connectivity index (χ4v) is 2.95. The average Bonchev–Trinajstić information content (AvgIpc) is 3.45. The highest BCUT2D eigenvalue weighted by Gasteiger charge is 2.26. The van der Waals surface area contributed by atoms with Crippen LogP contribution in [0.1, 0.15) is 34.3 Å². The van der Waals surface area contributed by atoms with Crippen LogP contribution in [0.3, 0.4) is 0 Å². The van der Waals surface area contributed by atoms with Gasteiger partial charge in [-0.25, -0.2) is 0 Å². The number of carbonyl (C=O) groups is 2. The monoisotopic (exact) mass is 336 g/mol. The van der Waals surface area contributed by atoms with E-state index in [9.17, 15) is 9.59 Å². The molecule has 1 heterocycles. The highest BCUT2D eigenvalue weighted by Crippen LogP contribution is 2.26. The van der Waals surface area contributed by atoms with E-state index in [2.05, 4.69) is 5.32 Å². The van der Waals surface area contributed by atoms with Crippen LogP contribution in [0.5, 0.6) is 5.75 Å². The molecule has 1 aliphatic heterocycles. The first-order chi connectivity index (χ1) is 12.2. The Morgan fingerprint density at radius 1 is 1.16 bits per heavy atom. The largest absolute Gasteiger partial charge is 0.483 e. The zero-order valence-electron chi connectivity index (χ0n) is 13.9. The Hall–Kier alpha value is -2.82. The van der Waals surface area contributed by atoms with Crippen molar-refractivity contribution in [1.29, 1.82) is 0 Å². The number of nitrogens with one attached hydrogen (secondary N) is 1. The van der Waals surface area contributed by atoms with Gasteiger partial charge in [0, 0.05) is 30.3 Å². The number of hydrogen-bond donors (Lipinski definition) is 1. The summed E-state index contributed by atoms with van der Waals surface area (Å²) in [7, 11) is 0. The lowest BCUT2D eigenvalue weighted by Crippen LogP contribution is -2.31. The average molecular weight is 336 g/mol. The van der Waals surface area contributed by atoms with E-state index >= 15 is 0 Å². The Bertz CT molecular complexity index is 800. The molecule has 2 aromatic carbocycles. The quantitative estimate of drug-likeness (QED) is 0.933. The Morgan fingerprint density at radius 3 is 2.72 bits per heavy atom. The van der Waals surface area contributed by atoms with E-state index in [1.54, 1.807) is 17.0 Å². The molecule has 0 saturated heterocycles. The van der Waals surface area contributed by atoms with Crippen molar-refractivity contribution in [2.45, 2.75) is 32.0 Å². The number of amides is 2. The predicted molar refractivity (Wildman–Crippen MR) is 93.1 cm³/mol. The van der Waals surface area contributed by atoms with E-state index in [-0.39, 0.29) is 18.4 Å². The number of hydrogen-bond acceptors (Lipinski definition) is 3. The summed E-state index contributed by atoms with van der Waals surface area (Å²) in [5.74, 6) is 0.561. The van der Waals surface area contributed by atoms with Crippen molar-refractivity contribution < 1.29 is 14.3 Å². The SMILES string of the molecule is O=C(NC1CC1)c1ccc2c(c1)CN(Cc1ccccc1)C(=O)CO2. The van der Waals surface area contributed by atoms with Crippen molar-refractivity contribution in [3.63, 3.8) is 0 Å². The second kappa shape index (κ2) is 6.59. The van der Waals surface area contributed by atoms with Gasteiger partial charge in [-0.05, 0) is 36.6 Å². The maximum atomic E-state index is 12.4. The van der Waals surface area contributed by atoms with Crippen molar-refractivity contribution in [3.8, 4) is 5.75 Å². The fourth-order valence-electron chi connectivity index (χ4n) is 2.95. The van der Waals surface area contributed by atoms with E-state index in [4.69, 9.17) is 4.74 Å². The molecule has 2 amide bonds. The molecule has 4 rings (SSSR count). The van der Waals surface area contributed by atoms with Crippen LogP contribution < -0.4 is 10.1 Å². The van der Waals surface area contributed by atoms with Crippen molar-refractivity contribution in [2.75, 3.05) is 6.61 Å². The summed E-state index contributed by atoms with van der Waals surface area (Å²) in [6.07, 6.45) is 2.11. The third kappa shape index (κ3) is 3.65. The number of fused-ring (bicyclic) bond motifs is 1. The molecule has 2 aliphatic rings. The van der Waals surface area contributed by atoms with Crippen LogP contribution in [0.2, 0.25) is 0 Å². The van der Waals surface area contributed by atoms with Crippen molar-refractivity contribution in [2.24, 2.45) is 0 Å². The molecule has 5 nitrogen and oxygen atoms in total. The summed E-state index contributed by atoms with van der Waals surface area (Å²) in [4.78, 5) is 26.4. The topological polar surface area (TPSA) is 58.6 Å². The smallest absolute Gasteiger partial charge is 0.261 e. The molecule has 128 valence electrons. The van der Waals surface area contributed by atoms with Gasteiger partial charge in [0.05, 0.1) is 0 Å². The number of rotatable bonds is 4. The molecular weight excluding hydrogens is 316 g/mol. The van der Waals surface area contributed by atoms with Crippen LogP contribution in [0, 0.1) is 0 Å². The highest BCUT2D eigenvalue weighted by molar-refractivity contribution is 5.95. The molecule has 0 unspecified atom stereocenters. The Balaban J connectivity index is 1.55. The molecule has 0 aromatic heterocycles. The van der Waals surface area contributed by atoms with E-state index in [0.29, 0.717) is 30.4 Å². The van der Waals surface area contributed by atoms with Gasteiger partial charge in [-0.2, -0.15) is 0 Å². The maximum absolute atomic E-state index is 12.4. The summed E-state index contributed by atoms with van der Waals surface area (Å²) in [6, 6.07) is 15.6. The van der Waals surface area contributed by atoms with Gasteiger partial charge in [0.2, 0.25) is 0 Å². The van der Waals surface area contributed by atoms with E-state index in [1.807, 2.05) is 36.4 Å². The van der Waals surface area contributed by atoms with Gasteiger partial charge in [-0.15, -0.1) is 0 Å². The normalized spacial score (nSPS) is 16.6. The number of nitrogens with zero attached hydrogens (tertiary/aromatic N) is 1. The van der Waals surface area contributed by atoms with E-state index < -0.39 is 0 Å². The van der Waals surface area contributed by atoms with Gasteiger partial charge >= 0.3 is 0 Å². The van der Waals surface area contributed by atoms with Gasteiger partial charge in [0.25, 0.3) is 11.8 Å². The summed E-state index contributed by atoms with van der Waals surface area (Å²) in [6.45, 7) is 0.988. The molecule has 0 atom stereocenters. The molecule has 0 radical (unpaired) electrons. The minimum absolute atomic E-state index is 0.0213. The third-order valence-corrected chi connectivity index (χ3v) is 4.52. The zero-order chi connectivity index (χ0) is 17.2. The van der Waals surface area contributed by atoms with Crippen molar-refractivity contribution in [1.82, 2.24) is 10.2 Å². The number of benzene rings is 2. The third-order valence-electron chi connectivity index (χ3n) is 4.52. The second-order valence-corrected chi connectivity index (χ2v) is 6.59. The molecule has 1 fully saturated rings. The summed E-state index contributed by atoms with van der Waals surface area (Å²) in [5, 5.41) is 2.99. The van der Waals surface area contributed by atoms with E-state index in [1.165, 1.54) is 0 Å². The van der Waals surface area contributed by atoms with Crippen LogP contribution in [0.25, 0.3) is 0 Å². The minimum Gasteiger partial charge on any atom is -0.483 e. The van der Waals surface area contributed by atoms with E-state index in [0.717, 1.165) is 24.0 Å². The summed E-state index contributed by atoms with van der Waals surface area (Å²) < 4.78 is 5.63. The van der Waals surface area contributed by atoms with Gasteiger partial charge in [0.1, 0.15) is 5.75 Å². The van der Waals surface area contributed by atoms with Crippen molar-refractivity contribution in [3.05, 3.63) is 65.2 Å². The molecule has 2 aromatic rings. The number of ether oxygens (including phenoxy) is 1. The first-order valence-electron chi connectivity index (χ1n) is 8.57. The lowest BCUT2D eigenvalue weighted by atomic mass is 10.1. The molecule has 1 saturated carbocycles. The van der Waals surface area contributed by atoms with Gasteiger partial charge in [0.15, 0.2) is 6.61 Å². The minimum atomic E-state index is -0.0597. The fraction of sp³-hybridized carbons (Fsp3) is 0.300. The first-order valence-corrected chi connectivity index (χ1v) is 8.57. The zero-order valence-corrected chi connectivity index (χ0v) is 13.9. The van der Waals surface area contributed by atoms with Crippen LogP contribution in [-0.2, 0) is 17.9 Å². The predicted octanol–water partition coefficient (Wildman–Crippen LogP) is 2.50. The molecule has 5 heteroatoms. The summed E-state index contributed by atoms with van der Waals surface area (Å²) in [5.41, 5.74) is 2.55. The first kappa shape index (κ1) is 15.7. The number of carbonyl (C=O) groups excluding carboxylic acids is 2. The maximum Gasteiger partial charge on any atom is 0.261 e. The van der Waals surface area contributed by atoms with Gasteiger partial charge < -0.3 is 15.0 Å². The van der Waals surface area contributed by atoms with Crippen LogP contribution in [0.15, 0.2) is 48.5 Å². The van der Waals surface area contributed by atoms with Crippen LogP contribution >= 0.6 is 0 Å². The molecule has 25 heavy (non-hydrogen) atoms.